The maximum absolute atomic E-state index is 11.6. The number of hydrogen-bond acceptors (Lipinski definition) is 3. The van der Waals surface area contributed by atoms with Gasteiger partial charge in [-0.25, -0.2) is 0 Å². The highest BCUT2D eigenvalue weighted by atomic mass is 35.5. The largest absolute Gasteiger partial charge is 0.511 e. The van der Waals surface area contributed by atoms with Crippen LogP contribution in [0, 0.1) is 11.3 Å². The molecule has 0 amide bonds. The van der Waals surface area contributed by atoms with Crippen LogP contribution in [0.1, 0.15) is 12.5 Å². The summed E-state index contributed by atoms with van der Waals surface area (Å²) in [6, 6.07) is 8.58. The Bertz CT molecular complexity index is 482. The zero-order chi connectivity index (χ0) is 12.1. The molecule has 82 valence electrons. The fourth-order valence-corrected chi connectivity index (χ4v) is 1.45. The van der Waals surface area contributed by atoms with Gasteiger partial charge in [0, 0.05) is 11.4 Å². The smallest absolute Gasteiger partial charge is 0.181 e. The molecule has 1 aromatic rings. The van der Waals surface area contributed by atoms with Crippen LogP contribution in [0.2, 0.25) is 5.02 Å². The lowest BCUT2D eigenvalue weighted by Crippen LogP contribution is -2.07. The standard InChI is InChI=1S/C12H10ClNO2/c1-8(15)10(7-14)12(16)6-9-4-2-3-5-11(9)13/h2-5,15H,6H2,1H3. The van der Waals surface area contributed by atoms with E-state index in [1.165, 1.54) is 6.92 Å². The summed E-state index contributed by atoms with van der Waals surface area (Å²) in [5.41, 5.74) is 0.420. The third-order valence-corrected chi connectivity index (χ3v) is 2.43. The van der Waals surface area contributed by atoms with Crippen molar-refractivity contribution >= 4 is 17.4 Å². The van der Waals surface area contributed by atoms with E-state index >= 15 is 0 Å². The van der Waals surface area contributed by atoms with Crippen molar-refractivity contribution in [2.24, 2.45) is 0 Å². The minimum atomic E-state index is -0.435. The molecular formula is C12H10ClNO2. The van der Waals surface area contributed by atoms with E-state index in [1.807, 2.05) is 0 Å². The second-order valence-electron chi connectivity index (χ2n) is 3.26. The fourth-order valence-electron chi connectivity index (χ4n) is 1.25. The Labute approximate surface area is 98.6 Å². The van der Waals surface area contributed by atoms with E-state index in [9.17, 15) is 4.79 Å². The first-order chi connectivity index (χ1) is 7.56. The first-order valence-electron chi connectivity index (χ1n) is 4.62. The molecule has 0 bridgehead atoms. The van der Waals surface area contributed by atoms with Crippen molar-refractivity contribution < 1.29 is 9.90 Å². The molecule has 0 unspecified atom stereocenters. The van der Waals surface area contributed by atoms with E-state index in [1.54, 1.807) is 30.3 Å². The molecular weight excluding hydrogens is 226 g/mol. The number of allylic oxidation sites excluding steroid dienone is 2. The van der Waals surface area contributed by atoms with Gasteiger partial charge in [-0.2, -0.15) is 5.26 Å². The fraction of sp³-hybridized carbons (Fsp3) is 0.167. The first-order valence-corrected chi connectivity index (χ1v) is 5.00. The molecule has 0 saturated heterocycles. The molecule has 3 nitrogen and oxygen atoms in total. The molecule has 0 radical (unpaired) electrons. The number of carbonyl (C=O) groups excluding carboxylic acids is 1. The van der Waals surface area contributed by atoms with Crippen LogP contribution in [0.25, 0.3) is 0 Å². The van der Waals surface area contributed by atoms with E-state index in [0.29, 0.717) is 10.6 Å². The number of carbonyl (C=O) groups is 1. The van der Waals surface area contributed by atoms with Gasteiger partial charge in [0.05, 0.1) is 0 Å². The number of nitrogens with zero attached hydrogens (tertiary/aromatic N) is 1. The molecule has 0 atom stereocenters. The molecule has 16 heavy (non-hydrogen) atoms. The van der Waals surface area contributed by atoms with Crippen molar-refractivity contribution in [3.63, 3.8) is 0 Å². The molecule has 1 aromatic carbocycles. The Kier molecular flexibility index (Phi) is 4.10. The first kappa shape index (κ1) is 12.3. The maximum atomic E-state index is 11.6. The molecule has 1 rings (SSSR count). The number of Topliss-reactive ketones (excluding diaryl/α,β-unsaturated/α-hetero) is 1. The Morgan fingerprint density at radius 1 is 1.50 bits per heavy atom. The number of aliphatic hydroxyl groups is 1. The maximum Gasteiger partial charge on any atom is 0.181 e. The van der Waals surface area contributed by atoms with Gasteiger partial charge in [-0.05, 0) is 18.6 Å². The van der Waals surface area contributed by atoms with Gasteiger partial charge in [0.15, 0.2) is 5.78 Å². The van der Waals surface area contributed by atoms with Crippen LogP contribution in [0.15, 0.2) is 35.6 Å². The van der Waals surface area contributed by atoms with Crippen molar-refractivity contribution in [1.82, 2.24) is 0 Å². The predicted molar refractivity (Wildman–Crippen MR) is 61.1 cm³/mol. The monoisotopic (exact) mass is 235 g/mol. The summed E-state index contributed by atoms with van der Waals surface area (Å²) in [6.07, 6.45) is 0.0144. The predicted octanol–water partition coefficient (Wildman–Crippen LogP) is 2.81. The quantitative estimate of drug-likeness (QED) is 0.498. The minimum Gasteiger partial charge on any atom is -0.511 e. The highest BCUT2D eigenvalue weighted by Gasteiger charge is 2.14. The lowest BCUT2D eigenvalue weighted by molar-refractivity contribution is -0.114. The summed E-state index contributed by atoms with van der Waals surface area (Å²) in [4.78, 5) is 11.6. The third-order valence-electron chi connectivity index (χ3n) is 2.06. The third kappa shape index (κ3) is 2.85. The average Bonchev–Trinajstić information content (AvgIpc) is 2.22. The van der Waals surface area contributed by atoms with Crippen LogP contribution in [-0.2, 0) is 11.2 Å². The number of halogens is 1. The molecule has 0 aromatic heterocycles. The van der Waals surface area contributed by atoms with Crippen LogP contribution in [-0.4, -0.2) is 10.9 Å². The summed E-state index contributed by atoms with van der Waals surface area (Å²) >= 11 is 5.88. The Morgan fingerprint density at radius 2 is 2.12 bits per heavy atom. The molecule has 0 aliphatic heterocycles. The number of benzene rings is 1. The van der Waals surface area contributed by atoms with Gasteiger partial charge in [0.2, 0.25) is 0 Å². The van der Waals surface area contributed by atoms with Crippen molar-refractivity contribution in [3.05, 3.63) is 46.2 Å². The van der Waals surface area contributed by atoms with Crippen molar-refractivity contribution in [2.75, 3.05) is 0 Å². The Balaban J connectivity index is 2.93. The van der Waals surface area contributed by atoms with Gasteiger partial charge in [-0.1, -0.05) is 29.8 Å². The summed E-state index contributed by atoms with van der Waals surface area (Å²) in [5.74, 6) is -0.699. The van der Waals surface area contributed by atoms with E-state index in [2.05, 4.69) is 0 Å². The zero-order valence-electron chi connectivity index (χ0n) is 8.70. The van der Waals surface area contributed by atoms with Crippen molar-refractivity contribution in [1.29, 1.82) is 5.26 Å². The number of nitriles is 1. The molecule has 0 spiro atoms. The van der Waals surface area contributed by atoms with Gasteiger partial charge in [0.1, 0.15) is 17.4 Å². The van der Waals surface area contributed by atoms with Crippen LogP contribution in [0.5, 0.6) is 0 Å². The topological polar surface area (TPSA) is 61.1 Å². The molecule has 1 N–H and O–H groups in total. The van der Waals surface area contributed by atoms with Crippen LogP contribution in [0.4, 0.5) is 0 Å². The SMILES string of the molecule is CC(O)=C(C#N)C(=O)Cc1ccccc1Cl. The second-order valence-corrected chi connectivity index (χ2v) is 3.67. The van der Waals surface area contributed by atoms with Gasteiger partial charge in [-0.15, -0.1) is 0 Å². The molecule has 4 heteroatoms. The Morgan fingerprint density at radius 3 is 2.62 bits per heavy atom. The van der Waals surface area contributed by atoms with E-state index in [4.69, 9.17) is 22.0 Å². The lowest BCUT2D eigenvalue weighted by atomic mass is 10.0. The molecule has 0 aliphatic rings. The normalized spacial score (nSPS) is 11.6. The van der Waals surface area contributed by atoms with Crippen molar-refractivity contribution in [2.45, 2.75) is 13.3 Å². The number of ketones is 1. The van der Waals surface area contributed by atoms with Crippen LogP contribution in [0.3, 0.4) is 0 Å². The summed E-state index contributed by atoms with van der Waals surface area (Å²) in [6.45, 7) is 1.31. The van der Waals surface area contributed by atoms with Gasteiger partial charge in [-0.3, -0.25) is 4.79 Å². The molecule has 0 heterocycles. The number of hydrogen-bond donors (Lipinski definition) is 1. The summed E-state index contributed by atoms with van der Waals surface area (Å²) in [7, 11) is 0. The highest BCUT2D eigenvalue weighted by Crippen LogP contribution is 2.17. The zero-order valence-corrected chi connectivity index (χ0v) is 9.45. The number of rotatable bonds is 3. The van der Waals surface area contributed by atoms with Gasteiger partial charge < -0.3 is 5.11 Å². The van der Waals surface area contributed by atoms with Crippen molar-refractivity contribution in [3.8, 4) is 6.07 Å². The average molecular weight is 236 g/mol. The summed E-state index contributed by atoms with van der Waals surface area (Å²) < 4.78 is 0. The Hall–Kier alpha value is -1.79. The minimum absolute atomic E-state index is 0.0144. The van der Waals surface area contributed by atoms with E-state index in [-0.39, 0.29) is 17.8 Å². The van der Waals surface area contributed by atoms with Crippen LogP contribution < -0.4 is 0 Å². The highest BCUT2D eigenvalue weighted by molar-refractivity contribution is 6.31. The van der Waals surface area contributed by atoms with E-state index < -0.39 is 5.78 Å². The summed E-state index contributed by atoms with van der Waals surface area (Å²) in [5, 5.41) is 18.3. The number of aliphatic hydroxyl groups excluding tert-OH is 1. The lowest BCUT2D eigenvalue weighted by Gasteiger charge is -2.02. The molecule has 0 fully saturated rings. The molecule has 0 aliphatic carbocycles. The van der Waals surface area contributed by atoms with E-state index in [0.717, 1.165) is 0 Å². The van der Waals surface area contributed by atoms with Gasteiger partial charge in [0.25, 0.3) is 0 Å². The molecule has 0 saturated carbocycles. The van der Waals surface area contributed by atoms with Crippen LogP contribution >= 0.6 is 11.6 Å². The second kappa shape index (κ2) is 5.34. The van der Waals surface area contributed by atoms with Gasteiger partial charge >= 0.3 is 0 Å².